The van der Waals surface area contributed by atoms with Crippen LogP contribution in [0.4, 0.5) is 11.4 Å². The number of carbonyl (C=O) groups excluding carboxylic acids is 2. The van der Waals surface area contributed by atoms with Gasteiger partial charge in [0, 0.05) is 37.4 Å². The molecule has 2 aliphatic rings. The number of hydrogen-bond acceptors (Lipinski definition) is 4. The fourth-order valence-electron chi connectivity index (χ4n) is 2.78. The van der Waals surface area contributed by atoms with Crippen molar-refractivity contribution in [3.05, 3.63) is 23.8 Å². The summed E-state index contributed by atoms with van der Waals surface area (Å²) in [6.45, 7) is 0.718. The zero-order valence-corrected chi connectivity index (χ0v) is 12.5. The lowest BCUT2D eigenvalue weighted by molar-refractivity contribution is -0.117. The van der Waals surface area contributed by atoms with Gasteiger partial charge in [-0.25, -0.2) is 4.79 Å². The number of benzene rings is 1. The Kier molecular flexibility index (Phi) is 3.57. The van der Waals surface area contributed by atoms with Crippen molar-refractivity contribution in [1.29, 1.82) is 0 Å². The molecule has 0 aromatic heterocycles. The Morgan fingerprint density at radius 2 is 2.10 bits per heavy atom. The van der Waals surface area contributed by atoms with Crippen LogP contribution in [0.3, 0.4) is 0 Å². The molecule has 0 spiro atoms. The number of nitrogens with zero attached hydrogens (tertiary/aromatic N) is 2. The first kappa shape index (κ1) is 13.9. The van der Waals surface area contributed by atoms with E-state index in [1.54, 1.807) is 11.0 Å². The van der Waals surface area contributed by atoms with Crippen LogP contribution >= 0.6 is 0 Å². The van der Waals surface area contributed by atoms with Crippen molar-refractivity contribution in [2.45, 2.75) is 31.7 Å². The van der Waals surface area contributed by atoms with Crippen molar-refractivity contribution >= 4 is 23.3 Å². The van der Waals surface area contributed by atoms with E-state index < -0.39 is 0 Å². The van der Waals surface area contributed by atoms with Gasteiger partial charge in [-0.2, -0.15) is 0 Å². The largest absolute Gasteiger partial charge is 0.465 e. The second kappa shape index (κ2) is 5.39. The molecule has 3 rings (SSSR count). The van der Waals surface area contributed by atoms with Gasteiger partial charge in [0.15, 0.2) is 0 Å². The zero-order valence-electron chi connectivity index (χ0n) is 12.5. The van der Waals surface area contributed by atoms with E-state index in [-0.39, 0.29) is 11.9 Å². The molecule has 1 aromatic rings. The SMILES string of the molecule is COC(=O)c1cc(N2CCCC2=O)cc(N(C)C2CC2)c1. The van der Waals surface area contributed by atoms with Crippen LogP contribution in [0.25, 0.3) is 0 Å². The molecule has 0 N–H and O–H groups in total. The van der Waals surface area contributed by atoms with E-state index in [1.807, 2.05) is 19.2 Å². The summed E-state index contributed by atoms with van der Waals surface area (Å²) in [7, 11) is 3.41. The average molecular weight is 288 g/mol. The van der Waals surface area contributed by atoms with Crippen LogP contribution in [-0.4, -0.2) is 38.6 Å². The number of methoxy groups -OCH3 is 1. The molecule has 2 fully saturated rings. The van der Waals surface area contributed by atoms with Gasteiger partial charge < -0.3 is 14.5 Å². The lowest BCUT2D eigenvalue weighted by Gasteiger charge is -2.23. The molecule has 0 bridgehead atoms. The average Bonchev–Trinajstić information content (AvgIpc) is 3.26. The van der Waals surface area contributed by atoms with Gasteiger partial charge in [-0.1, -0.05) is 0 Å². The molecule has 112 valence electrons. The lowest BCUT2D eigenvalue weighted by atomic mass is 10.1. The van der Waals surface area contributed by atoms with Crippen molar-refractivity contribution in [1.82, 2.24) is 0 Å². The highest BCUT2D eigenvalue weighted by molar-refractivity contribution is 5.98. The molecule has 1 aliphatic heterocycles. The van der Waals surface area contributed by atoms with Gasteiger partial charge in [0.1, 0.15) is 0 Å². The van der Waals surface area contributed by atoms with E-state index in [2.05, 4.69) is 4.90 Å². The molecule has 1 amide bonds. The van der Waals surface area contributed by atoms with Crippen LogP contribution in [0.1, 0.15) is 36.0 Å². The molecule has 21 heavy (non-hydrogen) atoms. The maximum atomic E-state index is 11.9. The monoisotopic (exact) mass is 288 g/mol. The second-order valence-corrected chi connectivity index (χ2v) is 5.72. The maximum absolute atomic E-state index is 11.9. The summed E-state index contributed by atoms with van der Waals surface area (Å²) in [5.41, 5.74) is 2.26. The molecule has 1 heterocycles. The van der Waals surface area contributed by atoms with Crippen LogP contribution in [0, 0.1) is 0 Å². The third kappa shape index (κ3) is 2.73. The third-order valence-electron chi connectivity index (χ3n) is 4.21. The number of esters is 1. The van der Waals surface area contributed by atoms with Crippen LogP contribution in [-0.2, 0) is 9.53 Å². The Morgan fingerprint density at radius 1 is 1.33 bits per heavy atom. The van der Waals surface area contributed by atoms with Crippen molar-refractivity contribution in [2.24, 2.45) is 0 Å². The Hall–Kier alpha value is -2.04. The number of amides is 1. The molecule has 0 radical (unpaired) electrons. The Labute approximate surface area is 124 Å². The minimum Gasteiger partial charge on any atom is -0.465 e. The van der Waals surface area contributed by atoms with Gasteiger partial charge in [-0.3, -0.25) is 4.79 Å². The fourth-order valence-corrected chi connectivity index (χ4v) is 2.78. The summed E-state index contributed by atoms with van der Waals surface area (Å²) < 4.78 is 4.83. The summed E-state index contributed by atoms with van der Waals surface area (Å²) in [5.74, 6) is -0.244. The van der Waals surface area contributed by atoms with Gasteiger partial charge in [0.25, 0.3) is 0 Å². The molecule has 5 nitrogen and oxygen atoms in total. The fraction of sp³-hybridized carbons (Fsp3) is 0.500. The number of hydrogen-bond donors (Lipinski definition) is 0. The molecule has 1 saturated heterocycles. The van der Waals surface area contributed by atoms with Gasteiger partial charge >= 0.3 is 5.97 Å². The minimum absolute atomic E-state index is 0.122. The van der Waals surface area contributed by atoms with E-state index in [0.717, 1.165) is 24.3 Å². The van der Waals surface area contributed by atoms with E-state index >= 15 is 0 Å². The van der Waals surface area contributed by atoms with Crippen molar-refractivity contribution in [3.63, 3.8) is 0 Å². The Morgan fingerprint density at radius 3 is 2.67 bits per heavy atom. The van der Waals surface area contributed by atoms with Gasteiger partial charge in [-0.15, -0.1) is 0 Å². The Bertz CT molecular complexity index is 581. The number of rotatable bonds is 4. The van der Waals surface area contributed by atoms with E-state index in [1.165, 1.54) is 20.0 Å². The van der Waals surface area contributed by atoms with Crippen LogP contribution in [0.5, 0.6) is 0 Å². The van der Waals surface area contributed by atoms with Gasteiger partial charge in [0.05, 0.1) is 12.7 Å². The molecule has 0 unspecified atom stereocenters. The highest BCUT2D eigenvalue weighted by atomic mass is 16.5. The normalized spacial score (nSPS) is 18.0. The maximum Gasteiger partial charge on any atom is 0.337 e. The van der Waals surface area contributed by atoms with E-state index in [0.29, 0.717) is 18.0 Å². The first-order valence-electron chi connectivity index (χ1n) is 7.37. The molecule has 1 aliphatic carbocycles. The highest BCUT2D eigenvalue weighted by Crippen LogP contribution is 2.34. The van der Waals surface area contributed by atoms with Crippen molar-refractivity contribution in [2.75, 3.05) is 30.5 Å². The smallest absolute Gasteiger partial charge is 0.337 e. The zero-order chi connectivity index (χ0) is 15.0. The summed E-state index contributed by atoms with van der Waals surface area (Å²) >= 11 is 0. The highest BCUT2D eigenvalue weighted by Gasteiger charge is 2.29. The standard InChI is InChI=1S/C16H20N2O3/c1-17(12-5-6-12)13-8-11(16(20)21-2)9-14(10-13)18-7-3-4-15(18)19/h8-10,12H,3-7H2,1-2H3. The third-order valence-corrected chi connectivity index (χ3v) is 4.21. The Balaban J connectivity index is 1.99. The molecule has 5 heteroatoms. The van der Waals surface area contributed by atoms with Crippen LogP contribution < -0.4 is 9.80 Å². The summed E-state index contributed by atoms with van der Waals surface area (Å²) in [4.78, 5) is 27.8. The minimum atomic E-state index is -0.367. The molecular formula is C16H20N2O3. The predicted molar refractivity (Wildman–Crippen MR) is 80.8 cm³/mol. The van der Waals surface area contributed by atoms with E-state index in [9.17, 15) is 9.59 Å². The first-order chi connectivity index (χ1) is 10.1. The lowest BCUT2D eigenvalue weighted by Crippen LogP contribution is -2.25. The predicted octanol–water partition coefficient (Wildman–Crippen LogP) is 2.20. The molecule has 0 atom stereocenters. The molecule has 1 aromatic carbocycles. The number of anilines is 2. The van der Waals surface area contributed by atoms with Gasteiger partial charge in [-0.05, 0) is 37.5 Å². The topological polar surface area (TPSA) is 49.9 Å². The molecule has 1 saturated carbocycles. The first-order valence-corrected chi connectivity index (χ1v) is 7.37. The number of carbonyl (C=O) groups is 2. The summed E-state index contributed by atoms with van der Waals surface area (Å²) in [5, 5.41) is 0. The van der Waals surface area contributed by atoms with Crippen LogP contribution in [0.15, 0.2) is 18.2 Å². The van der Waals surface area contributed by atoms with Crippen molar-refractivity contribution < 1.29 is 14.3 Å². The van der Waals surface area contributed by atoms with Crippen molar-refractivity contribution in [3.8, 4) is 0 Å². The summed E-state index contributed by atoms with van der Waals surface area (Å²) in [6, 6.07) is 6.13. The number of ether oxygens (including phenoxy) is 1. The molecular weight excluding hydrogens is 268 g/mol. The van der Waals surface area contributed by atoms with Crippen LogP contribution in [0.2, 0.25) is 0 Å². The quantitative estimate of drug-likeness (QED) is 0.797. The summed E-state index contributed by atoms with van der Waals surface area (Å²) in [6.07, 6.45) is 3.80. The second-order valence-electron chi connectivity index (χ2n) is 5.72. The van der Waals surface area contributed by atoms with E-state index in [4.69, 9.17) is 4.74 Å². The van der Waals surface area contributed by atoms with Gasteiger partial charge in [0.2, 0.25) is 5.91 Å².